The maximum Gasteiger partial charge on any atom is 0.455 e. The van der Waals surface area contributed by atoms with Crippen molar-refractivity contribution in [2.75, 3.05) is 33.4 Å². The first-order chi connectivity index (χ1) is 16.8. The quantitative estimate of drug-likeness (QED) is 0.292. The number of benzene rings is 2. The molecule has 0 saturated carbocycles. The Labute approximate surface area is 211 Å². The molecule has 0 bridgehead atoms. The van der Waals surface area contributed by atoms with E-state index in [1.807, 2.05) is 50.0 Å². The Hall–Kier alpha value is -2.41. The summed E-state index contributed by atoms with van der Waals surface area (Å²) in [4.78, 5) is 13.5. The molecule has 2 aromatic rings. The number of aryl methyl sites for hydroxylation is 1. The van der Waals surface area contributed by atoms with Crippen molar-refractivity contribution in [3.63, 3.8) is 0 Å². The Morgan fingerprint density at radius 2 is 1.69 bits per heavy atom. The molecule has 1 amide bonds. The molecule has 3 rings (SSSR count). The standard InChI is InChI=1S/C29H43N2O4/c1-29(2,3)35-28(32)30(20-23-34-27-19-11-12-22-33-27)31(4,24-26-16-9-6-10-17-26)21-13-18-25-14-7-5-8-15-25/h5-10,14-17,27H,11-13,18-24H2,1-4H3/q+1/t27?,31-/m1/s1. The monoisotopic (exact) mass is 483 g/mol. The molecule has 35 heavy (non-hydrogen) atoms. The maximum atomic E-state index is 13.5. The number of amides is 1. The van der Waals surface area contributed by atoms with E-state index in [4.69, 9.17) is 14.2 Å². The van der Waals surface area contributed by atoms with Gasteiger partial charge in [0.05, 0.1) is 20.2 Å². The van der Waals surface area contributed by atoms with E-state index in [-0.39, 0.29) is 12.4 Å². The van der Waals surface area contributed by atoms with Gasteiger partial charge in [-0.1, -0.05) is 60.7 Å². The molecule has 1 heterocycles. The highest BCUT2D eigenvalue weighted by atomic mass is 16.7. The van der Waals surface area contributed by atoms with Crippen LogP contribution in [0, 0.1) is 0 Å². The zero-order chi connectivity index (χ0) is 25.2. The van der Waals surface area contributed by atoms with Gasteiger partial charge in [0.1, 0.15) is 18.7 Å². The molecule has 1 aliphatic heterocycles. The zero-order valence-corrected chi connectivity index (χ0v) is 21.9. The summed E-state index contributed by atoms with van der Waals surface area (Å²) in [5.41, 5.74) is 1.91. The van der Waals surface area contributed by atoms with Crippen LogP contribution >= 0.6 is 0 Å². The van der Waals surface area contributed by atoms with Gasteiger partial charge in [0.25, 0.3) is 0 Å². The van der Waals surface area contributed by atoms with Gasteiger partial charge in [0.15, 0.2) is 6.29 Å². The average molecular weight is 484 g/mol. The predicted molar refractivity (Wildman–Crippen MR) is 138 cm³/mol. The van der Waals surface area contributed by atoms with Crippen molar-refractivity contribution in [1.82, 2.24) is 5.01 Å². The smallest absolute Gasteiger partial charge is 0.441 e. The molecule has 0 N–H and O–H groups in total. The third kappa shape index (κ3) is 9.28. The minimum absolute atomic E-state index is 0.185. The molecule has 6 heteroatoms. The number of hydrogen-bond acceptors (Lipinski definition) is 4. The first-order valence-corrected chi connectivity index (χ1v) is 12.9. The van der Waals surface area contributed by atoms with Crippen molar-refractivity contribution >= 4 is 6.09 Å². The Morgan fingerprint density at radius 3 is 2.29 bits per heavy atom. The zero-order valence-electron chi connectivity index (χ0n) is 21.9. The highest BCUT2D eigenvalue weighted by Crippen LogP contribution is 2.22. The van der Waals surface area contributed by atoms with Crippen LogP contribution in [-0.4, -0.2) is 60.9 Å². The SMILES string of the molecule is CC(C)(C)OC(=O)N(CCOC1CCCCO1)[N@+](C)(CCCc1ccccc1)Cc1ccccc1. The first kappa shape index (κ1) is 27.2. The topological polar surface area (TPSA) is 48.0 Å². The third-order valence-corrected chi connectivity index (χ3v) is 6.25. The van der Waals surface area contributed by atoms with Gasteiger partial charge < -0.3 is 14.2 Å². The molecule has 1 saturated heterocycles. The van der Waals surface area contributed by atoms with E-state index >= 15 is 0 Å². The summed E-state index contributed by atoms with van der Waals surface area (Å²) in [5, 5.41) is 1.84. The number of carbonyl (C=O) groups excluding carboxylic acids is 1. The highest BCUT2D eigenvalue weighted by molar-refractivity contribution is 5.66. The van der Waals surface area contributed by atoms with Crippen LogP contribution in [0.15, 0.2) is 60.7 Å². The molecule has 192 valence electrons. The third-order valence-electron chi connectivity index (χ3n) is 6.25. The second-order valence-corrected chi connectivity index (χ2v) is 10.6. The number of rotatable bonds is 11. The molecular weight excluding hydrogens is 440 g/mol. The van der Waals surface area contributed by atoms with Crippen molar-refractivity contribution in [3.05, 3.63) is 71.8 Å². The fraction of sp³-hybridized carbons (Fsp3) is 0.552. The van der Waals surface area contributed by atoms with E-state index in [1.165, 1.54) is 11.1 Å². The molecule has 0 aromatic heterocycles. The summed E-state index contributed by atoms with van der Waals surface area (Å²) in [6.45, 7) is 8.79. The van der Waals surface area contributed by atoms with Crippen LogP contribution in [0.25, 0.3) is 0 Å². The van der Waals surface area contributed by atoms with Gasteiger partial charge in [-0.25, -0.2) is 9.39 Å². The predicted octanol–water partition coefficient (Wildman–Crippen LogP) is 5.96. The second-order valence-electron chi connectivity index (χ2n) is 10.6. The van der Waals surface area contributed by atoms with Gasteiger partial charge in [-0.2, -0.15) is 5.01 Å². The fourth-order valence-corrected chi connectivity index (χ4v) is 4.49. The number of ether oxygens (including phenoxy) is 3. The molecule has 0 spiro atoms. The van der Waals surface area contributed by atoms with Crippen molar-refractivity contribution in [2.24, 2.45) is 0 Å². The number of carbonyl (C=O) groups is 1. The van der Waals surface area contributed by atoms with Gasteiger partial charge in [-0.3, -0.25) is 0 Å². The minimum Gasteiger partial charge on any atom is -0.441 e. The van der Waals surface area contributed by atoms with Gasteiger partial charge in [-0.05, 0) is 52.0 Å². The maximum absolute atomic E-state index is 13.5. The van der Waals surface area contributed by atoms with Crippen molar-refractivity contribution < 1.29 is 23.6 Å². The first-order valence-electron chi connectivity index (χ1n) is 12.9. The van der Waals surface area contributed by atoms with Crippen molar-refractivity contribution in [1.29, 1.82) is 0 Å². The van der Waals surface area contributed by atoms with E-state index in [1.54, 1.807) is 0 Å². The summed E-state index contributed by atoms with van der Waals surface area (Å²) < 4.78 is 18.1. The molecule has 6 nitrogen and oxygen atoms in total. The molecule has 2 atom stereocenters. The van der Waals surface area contributed by atoms with Crippen LogP contribution in [0.2, 0.25) is 0 Å². The Morgan fingerprint density at radius 1 is 1.03 bits per heavy atom. The van der Waals surface area contributed by atoms with E-state index in [2.05, 4.69) is 43.4 Å². The van der Waals surface area contributed by atoms with E-state index < -0.39 is 5.60 Å². The second kappa shape index (κ2) is 13.1. The Bertz CT molecular complexity index is 879. The van der Waals surface area contributed by atoms with E-state index in [9.17, 15) is 4.79 Å². The summed E-state index contributed by atoms with van der Waals surface area (Å²) in [6.07, 6.45) is 4.50. The lowest BCUT2D eigenvalue weighted by Crippen LogP contribution is -2.61. The van der Waals surface area contributed by atoms with Crippen LogP contribution in [0.3, 0.4) is 0 Å². The number of nitrogens with zero attached hydrogens (tertiary/aromatic N) is 2. The summed E-state index contributed by atoms with van der Waals surface area (Å²) >= 11 is 0. The number of hydrogen-bond donors (Lipinski definition) is 0. The Kier molecular flexibility index (Phi) is 10.1. The molecule has 1 fully saturated rings. The fourth-order valence-electron chi connectivity index (χ4n) is 4.49. The molecular formula is C29H43N2O4+. The summed E-state index contributed by atoms with van der Waals surface area (Å²) in [5.74, 6) is 0. The van der Waals surface area contributed by atoms with Crippen LogP contribution < -0.4 is 0 Å². The highest BCUT2D eigenvalue weighted by Gasteiger charge is 2.38. The van der Waals surface area contributed by atoms with Crippen molar-refractivity contribution in [2.45, 2.75) is 71.3 Å². The number of quaternary nitrogens is 1. The van der Waals surface area contributed by atoms with Crippen LogP contribution in [-0.2, 0) is 27.2 Å². The van der Waals surface area contributed by atoms with E-state index in [0.717, 1.165) is 45.3 Å². The molecule has 1 unspecified atom stereocenters. The lowest BCUT2D eigenvalue weighted by Gasteiger charge is -2.43. The molecule has 0 aliphatic carbocycles. The van der Waals surface area contributed by atoms with Gasteiger partial charge in [-0.15, -0.1) is 0 Å². The van der Waals surface area contributed by atoms with Crippen LogP contribution in [0.4, 0.5) is 4.79 Å². The van der Waals surface area contributed by atoms with Gasteiger partial charge >= 0.3 is 6.09 Å². The van der Waals surface area contributed by atoms with Gasteiger partial charge in [0.2, 0.25) is 0 Å². The Balaban J connectivity index is 1.78. The van der Waals surface area contributed by atoms with E-state index in [0.29, 0.717) is 24.3 Å². The largest absolute Gasteiger partial charge is 0.455 e. The van der Waals surface area contributed by atoms with Crippen LogP contribution in [0.1, 0.15) is 57.6 Å². The average Bonchev–Trinajstić information content (AvgIpc) is 2.82. The van der Waals surface area contributed by atoms with Crippen molar-refractivity contribution in [3.8, 4) is 0 Å². The normalized spacial score (nSPS) is 18.0. The molecule has 2 aromatic carbocycles. The van der Waals surface area contributed by atoms with Gasteiger partial charge in [0, 0.05) is 18.6 Å². The minimum atomic E-state index is -0.579. The molecule has 0 radical (unpaired) electrons. The summed E-state index contributed by atoms with van der Waals surface area (Å²) in [6, 6.07) is 20.9. The van der Waals surface area contributed by atoms with Crippen LogP contribution in [0.5, 0.6) is 0 Å². The summed E-state index contributed by atoms with van der Waals surface area (Å²) in [7, 11) is 2.12. The molecule has 1 aliphatic rings. The lowest BCUT2D eigenvalue weighted by atomic mass is 10.1. The lowest BCUT2D eigenvalue weighted by molar-refractivity contribution is -1.02.